The molecule has 0 fully saturated rings. The minimum Gasteiger partial charge on any atom is -0.506 e. The number of anilines is 1. The summed E-state index contributed by atoms with van der Waals surface area (Å²) < 4.78 is 0. The molecule has 0 bridgehead atoms. The number of phenols is 1. The number of allylic oxidation sites excluding steroid dienone is 1. The summed E-state index contributed by atoms with van der Waals surface area (Å²) in [5.74, 6) is -0.342. The molecule has 0 saturated carbocycles. The Hall–Kier alpha value is -3.19. The number of nitro benzene ring substituents is 1. The number of nitriles is 1. The molecule has 1 heterocycles. The van der Waals surface area contributed by atoms with Crippen LogP contribution < -0.4 is 5.32 Å². The smallest absolute Gasteiger partial charge is 0.291 e. The molecule has 0 radical (unpaired) electrons. The Kier molecular flexibility index (Phi) is 3.96. The Balaban J connectivity index is 2.30. The molecule has 2 aromatic rings. The standard InChI is InChI=1S/C10H6ClN7O3/c11-6-1-7(9(19)2-8(6)18(20)21)13-4-5(3-12)10-14-16-17-15-10/h1-2,4,13,19H,(H,14,15,16,17). The van der Waals surface area contributed by atoms with Gasteiger partial charge >= 0.3 is 0 Å². The SMILES string of the molecule is N#CC(=CNc1cc(Cl)c([N+](=O)[O-])cc1O)c1nn[nH]n1. The van der Waals surface area contributed by atoms with Crippen LogP contribution >= 0.6 is 11.6 Å². The Morgan fingerprint density at radius 3 is 2.95 bits per heavy atom. The highest BCUT2D eigenvalue weighted by molar-refractivity contribution is 6.33. The number of aromatic hydroxyl groups is 1. The molecule has 106 valence electrons. The lowest BCUT2D eigenvalue weighted by Gasteiger charge is -2.05. The van der Waals surface area contributed by atoms with Gasteiger partial charge in [-0.3, -0.25) is 10.1 Å². The van der Waals surface area contributed by atoms with Gasteiger partial charge in [0.25, 0.3) is 5.69 Å². The predicted molar refractivity (Wildman–Crippen MR) is 71.2 cm³/mol. The first-order valence-corrected chi connectivity index (χ1v) is 5.68. The zero-order chi connectivity index (χ0) is 15.4. The van der Waals surface area contributed by atoms with Crippen LogP contribution in [0.2, 0.25) is 5.02 Å². The van der Waals surface area contributed by atoms with Crippen LogP contribution in [0.25, 0.3) is 5.57 Å². The van der Waals surface area contributed by atoms with Crippen molar-refractivity contribution in [3.8, 4) is 11.8 Å². The molecule has 1 aromatic carbocycles. The molecule has 0 spiro atoms. The number of hydrogen-bond donors (Lipinski definition) is 3. The molecule has 0 saturated heterocycles. The molecule has 0 atom stereocenters. The third kappa shape index (κ3) is 3.04. The second-order valence-electron chi connectivity index (χ2n) is 3.63. The minimum absolute atomic E-state index is 0.0395. The number of nitrogens with zero attached hydrogens (tertiary/aromatic N) is 5. The van der Waals surface area contributed by atoms with Crippen molar-refractivity contribution in [2.45, 2.75) is 0 Å². The summed E-state index contributed by atoms with van der Waals surface area (Å²) in [6.45, 7) is 0. The Morgan fingerprint density at radius 1 is 1.62 bits per heavy atom. The lowest BCUT2D eigenvalue weighted by atomic mass is 10.2. The van der Waals surface area contributed by atoms with Gasteiger partial charge in [-0.15, -0.1) is 10.2 Å². The summed E-state index contributed by atoms with van der Waals surface area (Å²) in [6, 6.07) is 3.89. The van der Waals surface area contributed by atoms with Crippen LogP contribution in [0, 0.1) is 21.4 Å². The zero-order valence-corrected chi connectivity index (χ0v) is 10.9. The number of benzene rings is 1. The van der Waals surface area contributed by atoms with E-state index in [0.717, 1.165) is 12.1 Å². The van der Waals surface area contributed by atoms with Crippen molar-refractivity contribution in [3.05, 3.63) is 39.3 Å². The molecule has 21 heavy (non-hydrogen) atoms. The third-order valence-electron chi connectivity index (χ3n) is 2.34. The monoisotopic (exact) mass is 307 g/mol. The molecule has 11 heteroatoms. The number of phenolic OH excluding ortho intramolecular Hbond substituents is 1. The van der Waals surface area contributed by atoms with Gasteiger partial charge in [0.1, 0.15) is 22.4 Å². The van der Waals surface area contributed by atoms with Crippen molar-refractivity contribution >= 4 is 28.5 Å². The Bertz CT molecular complexity index is 751. The molecular formula is C10H6ClN7O3. The van der Waals surface area contributed by atoms with Crippen LogP contribution in [0.1, 0.15) is 5.82 Å². The van der Waals surface area contributed by atoms with Gasteiger partial charge < -0.3 is 10.4 Å². The average Bonchev–Trinajstić information content (AvgIpc) is 2.96. The van der Waals surface area contributed by atoms with Crippen molar-refractivity contribution in [2.24, 2.45) is 0 Å². The number of hydrogen-bond acceptors (Lipinski definition) is 8. The van der Waals surface area contributed by atoms with E-state index in [1.54, 1.807) is 0 Å². The number of aromatic nitrogens is 4. The highest BCUT2D eigenvalue weighted by atomic mass is 35.5. The molecule has 10 nitrogen and oxygen atoms in total. The van der Waals surface area contributed by atoms with E-state index in [4.69, 9.17) is 16.9 Å². The van der Waals surface area contributed by atoms with Gasteiger partial charge in [-0.25, -0.2) is 0 Å². The lowest BCUT2D eigenvalue weighted by Crippen LogP contribution is -1.95. The van der Waals surface area contributed by atoms with Crippen molar-refractivity contribution in [1.29, 1.82) is 5.26 Å². The minimum atomic E-state index is -0.721. The summed E-state index contributed by atoms with van der Waals surface area (Å²) in [5, 5.41) is 44.5. The first-order valence-electron chi connectivity index (χ1n) is 5.30. The maximum Gasteiger partial charge on any atom is 0.291 e. The first kappa shape index (κ1) is 14.2. The number of H-pyrrole nitrogens is 1. The van der Waals surface area contributed by atoms with Gasteiger partial charge in [-0.1, -0.05) is 11.6 Å². The van der Waals surface area contributed by atoms with Crippen LogP contribution in [-0.4, -0.2) is 30.7 Å². The van der Waals surface area contributed by atoms with Crippen LogP contribution in [0.3, 0.4) is 0 Å². The molecule has 0 unspecified atom stereocenters. The van der Waals surface area contributed by atoms with Gasteiger partial charge in [-0.05, 0) is 11.3 Å². The fourth-order valence-corrected chi connectivity index (χ4v) is 1.61. The van der Waals surface area contributed by atoms with Gasteiger partial charge in [-0.2, -0.15) is 10.5 Å². The molecule has 1 aromatic heterocycles. The van der Waals surface area contributed by atoms with Gasteiger partial charge in [0.2, 0.25) is 5.82 Å². The van der Waals surface area contributed by atoms with E-state index >= 15 is 0 Å². The van der Waals surface area contributed by atoms with Crippen molar-refractivity contribution in [1.82, 2.24) is 20.6 Å². The zero-order valence-electron chi connectivity index (χ0n) is 10.1. The molecule has 0 amide bonds. The molecular weight excluding hydrogens is 302 g/mol. The van der Waals surface area contributed by atoms with E-state index in [1.807, 2.05) is 6.07 Å². The Labute approximate surface area is 121 Å². The van der Waals surface area contributed by atoms with Crippen molar-refractivity contribution < 1.29 is 10.0 Å². The first-order chi connectivity index (χ1) is 10.0. The second-order valence-corrected chi connectivity index (χ2v) is 4.03. The van der Waals surface area contributed by atoms with E-state index < -0.39 is 16.4 Å². The maximum absolute atomic E-state index is 10.7. The van der Waals surface area contributed by atoms with E-state index in [-0.39, 0.29) is 22.1 Å². The highest BCUT2D eigenvalue weighted by Gasteiger charge is 2.16. The van der Waals surface area contributed by atoms with Gasteiger partial charge in [0, 0.05) is 6.20 Å². The average molecular weight is 308 g/mol. The number of nitrogens with one attached hydrogen (secondary N) is 2. The number of tetrazole rings is 1. The van der Waals surface area contributed by atoms with Crippen LogP contribution in [0.5, 0.6) is 5.75 Å². The molecule has 2 rings (SSSR count). The van der Waals surface area contributed by atoms with Crippen LogP contribution in [0.15, 0.2) is 18.3 Å². The normalized spacial score (nSPS) is 11.0. The lowest BCUT2D eigenvalue weighted by molar-refractivity contribution is -0.384. The fraction of sp³-hybridized carbons (Fsp3) is 0. The molecule has 3 N–H and O–H groups in total. The highest BCUT2D eigenvalue weighted by Crippen LogP contribution is 2.35. The fourth-order valence-electron chi connectivity index (χ4n) is 1.38. The summed E-state index contributed by atoms with van der Waals surface area (Å²) in [5.41, 5.74) is -0.304. The second kappa shape index (κ2) is 5.85. The van der Waals surface area contributed by atoms with Crippen LogP contribution in [0.4, 0.5) is 11.4 Å². The Morgan fingerprint density at radius 2 is 2.38 bits per heavy atom. The van der Waals surface area contributed by atoms with Gasteiger partial charge in [0.05, 0.1) is 16.7 Å². The van der Waals surface area contributed by atoms with E-state index in [9.17, 15) is 15.2 Å². The summed E-state index contributed by atoms with van der Waals surface area (Å²) in [4.78, 5) is 9.94. The predicted octanol–water partition coefficient (Wildman–Crippen LogP) is 1.44. The molecule has 0 aliphatic heterocycles. The number of halogens is 1. The van der Waals surface area contributed by atoms with Crippen molar-refractivity contribution in [3.63, 3.8) is 0 Å². The number of nitro groups is 1. The summed E-state index contributed by atoms with van der Waals surface area (Å²) in [6.07, 6.45) is 1.21. The van der Waals surface area contributed by atoms with E-state index in [0.29, 0.717) is 0 Å². The van der Waals surface area contributed by atoms with Gasteiger partial charge in [0.15, 0.2) is 0 Å². The maximum atomic E-state index is 10.7. The topological polar surface area (TPSA) is 154 Å². The molecule has 0 aliphatic carbocycles. The third-order valence-corrected chi connectivity index (χ3v) is 2.64. The quantitative estimate of drug-likeness (QED) is 0.332. The number of aromatic amines is 1. The largest absolute Gasteiger partial charge is 0.506 e. The van der Waals surface area contributed by atoms with Crippen molar-refractivity contribution in [2.75, 3.05) is 5.32 Å². The number of rotatable bonds is 4. The summed E-state index contributed by atoms with van der Waals surface area (Å²) in [7, 11) is 0. The van der Waals surface area contributed by atoms with Crippen LogP contribution in [-0.2, 0) is 0 Å². The van der Waals surface area contributed by atoms with E-state index in [2.05, 4.69) is 25.9 Å². The molecule has 0 aliphatic rings. The van der Waals surface area contributed by atoms with E-state index in [1.165, 1.54) is 6.20 Å². The summed E-state index contributed by atoms with van der Waals surface area (Å²) >= 11 is 5.73.